The van der Waals surface area contributed by atoms with Gasteiger partial charge in [-0.3, -0.25) is 4.90 Å². The Labute approximate surface area is 110 Å². The molecular weight excluding hydrogens is 224 g/mol. The molecule has 0 spiro atoms. The number of likely N-dealkylation sites (N-methyl/N-ethyl adjacent to an activating group) is 1. The molecule has 0 unspecified atom stereocenters. The summed E-state index contributed by atoms with van der Waals surface area (Å²) in [4.78, 5) is 2.52. The maximum atomic E-state index is 5.95. The van der Waals surface area contributed by atoms with Crippen LogP contribution in [0.2, 0.25) is 0 Å². The minimum absolute atomic E-state index is 0.226. The Hall–Kier alpha value is -0.900. The Morgan fingerprint density at radius 2 is 2.11 bits per heavy atom. The molecule has 0 bridgehead atoms. The molecule has 0 radical (unpaired) electrons. The molecule has 0 aliphatic carbocycles. The first-order valence-electron chi connectivity index (χ1n) is 6.92. The number of morpholine rings is 1. The number of ether oxygens (including phenoxy) is 1. The molecule has 1 fully saturated rings. The molecule has 0 amide bonds. The van der Waals surface area contributed by atoms with E-state index in [1.54, 1.807) is 0 Å². The minimum Gasteiger partial charge on any atom is -0.371 e. The molecule has 0 saturated carbocycles. The van der Waals surface area contributed by atoms with Crippen LogP contribution in [0, 0.1) is 0 Å². The zero-order valence-corrected chi connectivity index (χ0v) is 11.4. The molecule has 1 aliphatic rings. The average Bonchev–Trinajstić information content (AvgIpc) is 2.42. The van der Waals surface area contributed by atoms with Crippen LogP contribution in [0.3, 0.4) is 0 Å². The number of rotatable bonds is 5. The number of nitrogens with zero attached hydrogens (tertiary/aromatic N) is 1. The van der Waals surface area contributed by atoms with E-state index in [4.69, 9.17) is 4.74 Å². The van der Waals surface area contributed by atoms with Crippen LogP contribution in [0.1, 0.15) is 25.5 Å². The third-order valence-electron chi connectivity index (χ3n) is 3.56. The Kier molecular flexibility index (Phi) is 5.17. The lowest BCUT2D eigenvalue weighted by molar-refractivity contribution is -0.0593. The van der Waals surface area contributed by atoms with Crippen LogP contribution in [0.4, 0.5) is 0 Å². The monoisotopic (exact) mass is 248 g/mol. The van der Waals surface area contributed by atoms with Crippen LogP contribution in [0.25, 0.3) is 0 Å². The van der Waals surface area contributed by atoms with Gasteiger partial charge in [-0.25, -0.2) is 0 Å². The van der Waals surface area contributed by atoms with Gasteiger partial charge in [0.15, 0.2) is 0 Å². The molecule has 1 aromatic carbocycles. The van der Waals surface area contributed by atoms with Crippen LogP contribution < -0.4 is 5.32 Å². The summed E-state index contributed by atoms with van der Waals surface area (Å²) < 4.78 is 5.95. The van der Waals surface area contributed by atoms with Crippen molar-refractivity contribution in [2.75, 3.05) is 32.8 Å². The second-order valence-corrected chi connectivity index (χ2v) is 4.93. The summed E-state index contributed by atoms with van der Waals surface area (Å²) in [6.07, 6.45) is 0.226. The van der Waals surface area contributed by atoms with Gasteiger partial charge in [-0.2, -0.15) is 0 Å². The van der Waals surface area contributed by atoms with E-state index in [2.05, 4.69) is 54.4 Å². The lowest BCUT2D eigenvalue weighted by atomic mass is 10.1. The van der Waals surface area contributed by atoms with Gasteiger partial charge < -0.3 is 10.1 Å². The van der Waals surface area contributed by atoms with Crippen LogP contribution >= 0.6 is 0 Å². The van der Waals surface area contributed by atoms with E-state index < -0.39 is 0 Å². The Morgan fingerprint density at radius 3 is 2.83 bits per heavy atom. The van der Waals surface area contributed by atoms with E-state index in [1.165, 1.54) is 5.56 Å². The molecule has 100 valence electrons. The molecular formula is C15H24N2O. The molecule has 2 rings (SSSR count). The van der Waals surface area contributed by atoms with Gasteiger partial charge >= 0.3 is 0 Å². The number of hydrogen-bond acceptors (Lipinski definition) is 3. The molecule has 18 heavy (non-hydrogen) atoms. The molecule has 1 heterocycles. The normalized spacial score (nSPS) is 25.2. The molecule has 0 aromatic heterocycles. The quantitative estimate of drug-likeness (QED) is 0.807. The molecule has 1 aromatic rings. The number of hydrogen-bond donors (Lipinski definition) is 1. The largest absolute Gasteiger partial charge is 0.371 e. The van der Waals surface area contributed by atoms with Crippen molar-refractivity contribution in [3.05, 3.63) is 35.9 Å². The topological polar surface area (TPSA) is 24.5 Å². The molecule has 1 aliphatic heterocycles. The first kappa shape index (κ1) is 13.5. The van der Waals surface area contributed by atoms with Gasteiger partial charge in [0.2, 0.25) is 0 Å². The number of benzene rings is 1. The predicted molar refractivity (Wildman–Crippen MR) is 74.7 cm³/mol. The summed E-state index contributed by atoms with van der Waals surface area (Å²) in [6, 6.07) is 11.0. The summed E-state index contributed by atoms with van der Waals surface area (Å²) in [7, 11) is 0. The Balaban J connectivity index is 1.91. The predicted octanol–water partition coefficient (Wildman–Crippen LogP) is 2.06. The molecule has 2 atom stereocenters. The zero-order chi connectivity index (χ0) is 12.8. The maximum absolute atomic E-state index is 5.95. The van der Waals surface area contributed by atoms with E-state index >= 15 is 0 Å². The molecule has 3 nitrogen and oxygen atoms in total. The lowest BCUT2D eigenvalue weighted by Crippen LogP contribution is -2.47. The Morgan fingerprint density at radius 1 is 1.33 bits per heavy atom. The van der Waals surface area contributed by atoms with Gasteiger partial charge in [-0.1, -0.05) is 37.3 Å². The minimum atomic E-state index is 0.226. The number of nitrogens with one attached hydrogen (secondary N) is 1. The molecule has 3 heteroatoms. The van der Waals surface area contributed by atoms with Crippen molar-refractivity contribution in [3.8, 4) is 0 Å². The highest BCUT2D eigenvalue weighted by Crippen LogP contribution is 2.24. The third kappa shape index (κ3) is 3.55. The van der Waals surface area contributed by atoms with E-state index in [1.807, 2.05) is 0 Å². The summed E-state index contributed by atoms with van der Waals surface area (Å²) >= 11 is 0. The maximum Gasteiger partial charge on any atom is 0.0952 e. The van der Waals surface area contributed by atoms with Crippen LogP contribution in [-0.4, -0.2) is 43.7 Å². The van der Waals surface area contributed by atoms with E-state index in [9.17, 15) is 0 Å². The fraction of sp³-hybridized carbons (Fsp3) is 0.600. The van der Waals surface area contributed by atoms with E-state index in [0.717, 1.165) is 32.8 Å². The van der Waals surface area contributed by atoms with Crippen LogP contribution in [0.15, 0.2) is 30.3 Å². The summed E-state index contributed by atoms with van der Waals surface area (Å²) in [6.45, 7) is 9.41. The lowest BCUT2D eigenvalue weighted by Gasteiger charge is -2.38. The van der Waals surface area contributed by atoms with Crippen LogP contribution in [0.5, 0.6) is 0 Å². The summed E-state index contributed by atoms with van der Waals surface area (Å²) in [5.41, 5.74) is 1.29. The van der Waals surface area contributed by atoms with Gasteiger partial charge in [-0.05, 0) is 19.0 Å². The summed E-state index contributed by atoms with van der Waals surface area (Å²) in [5, 5.41) is 3.39. The van der Waals surface area contributed by atoms with Gasteiger partial charge in [0.25, 0.3) is 0 Å². The molecule has 1 saturated heterocycles. The van der Waals surface area contributed by atoms with Crippen molar-refractivity contribution in [1.29, 1.82) is 0 Å². The van der Waals surface area contributed by atoms with E-state index in [0.29, 0.717) is 6.04 Å². The van der Waals surface area contributed by atoms with Crippen molar-refractivity contribution >= 4 is 0 Å². The van der Waals surface area contributed by atoms with E-state index in [-0.39, 0.29) is 6.10 Å². The van der Waals surface area contributed by atoms with Gasteiger partial charge in [0, 0.05) is 25.7 Å². The SMILES string of the molecule is CCNCCN1C[C@H](c2ccccc2)OC[C@H]1C. The van der Waals surface area contributed by atoms with Crippen molar-refractivity contribution in [2.45, 2.75) is 26.0 Å². The zero-order valence-electron chi connectivity index (χ0n) is 11.4. The van der Waals surface area contributed by atoms with Crippen molar-refractivity contribution in [1.82, 2.24) is 10.2 Å². The first-order chi connectivity index (χ1) is 8.81. The van der Waals surface area contributed by atoms with Gasteiger partial charge in [0.05, 0.1) is 12.7 Å². The Bertz CT molecular complexity index is 342. The highest BCUT2D eigenvalue weighted by Gasteiger charge is 2.26. The fourth-order valence-electron chi connectivity index (χ4n) is 2.39. The van der Waals surface area contributed by atoms with Crippen molar-refractivity contribution < 1.29 is 4.74 Å². The standard InChI is InChI=1S/C15H24N2O/c1-3-16-9-10-17-11-15(18-12-13(17)2)14-7-5-4-6-8-14/h4-8,13,15-16H,3,9-12H2,1-2H3/t13-,15-/m1/s1. The first-order valence-corrected chi connectivity index (χ1v) is 6.92. The fourth-order valence-corrected chi connectivity index (χ4v) is 2.39. The highest BCUT2D eigenvalue weighted by molar-refractivity contribution is 5.18. The van der Waals surface area contributed by atoms with Crippen molar-refractivity contribution in [3.63, 3.8) is 0 Å². The molecule has 1 N–H and O–H groups in total. The smallest absolute Gasteiger partial charge is 0.0952 e. The van der Waals surface area contributed by atoms with Gasteiger partial charge in [0.1, 0.15) is 0 Å². The second kappa shape index (κ2) is 6.88. The second-order valence-electron chi connectivity index (χ2n) is 4.93. The third-order valence-corrected chi connectivity index (χ3v) is 3.56. The summed E-state index contributed by atoms with van der Waals surface area (Å²) in [5.74, 6) is 0. The average molecular weight is 248 g/mol. The van der Waals surface area contributed by atoms with Crippen LogP contribution in [-0.2, 0) is 4.74 Å². The highest BCUT2D eigenvalue weighted by atomic mass is 16.5. The van der Waals surface area contributed by atoms with Crippen molar-refractivity contribution in [2.24, 2.45) is 0 Å². The van der Waals surface area contributed by atoms with Gasteiger partial charge in [-0.15, -0.1) is 0 Å².